The number of esters is 1. The molecule has 0 aliphatic rings. The minimum absolute atomic E-state index is 0.00298. The molecule has 0 aromatic heterocycles. The summed E-state index contributed by atoms with van der Waals surface area (Å²) in [6.07, 6.45) is -0.752. The average Bonchev–Trinajstić information content (AvgIpc) is 2.74. The predicted octanol–water partition coefficient (Wildman–Crippen LogP) is 3.56. The normalized spacial score (nSPS) is 13.2. The molecule has 0 heterocycles. The molecule has 1 aromatic carbocycles. The summed E-state index contributed by atoms with van der Waals surface area (Å²) in [5, 5.41) is 5.36. The van der Waals surface area contributed by atoms with Crippen LogP contribution in [-0.4, -0.2) is 64.9 Å². The lowest BCUT2D eigenvalue weighted by molar-refractivity contribution is -0.148. The van der Waals surface area contributed by atoms with Crippen LogP contribution in [0, 0.1) is 6.92 Å². The number of alkyl carbamates (subject to hydrolysis) is 1. The van der Waals surface area contributed by atoms with E-state index in [0.29, 0.717) is 5.56 Å². The fourth-order valence-corrected chi connectivity index (χ4v) is 3.80. The molecule has 9 nitrogen and oxygen atoms in total. The van der Waals surface area contributed by atoms with Crippen LogP contribution in [0.25, 0.3) is 0 Å². The van der Waals surface area contributed by atoms with Gasteiger partial charge in [-0.15, -0.1) is 0 Å². The number of hydrogen-bond donors (Lipinski definition) is 3. The third-order valence-corrected chi connectivity index (χ3v) is 5.42. The molecule has 0 aliphatic heterocycles. The Bertz CT molecular complexity index is 923. The van der Waals surface area contributed by atoms with E-state index in [1.807, 2.05) is 39.8 Å². The number of ether oxygens (including phenoxy) is 2. The number of rotatable bonds is 10. The molecule has 1 rings (SSSR count). The van der Waals surface area contributed by atoms with Gasteiger partial charge in [-0.3, -0.25) is 14.4 Å². The molecule has 1 aromatic rings. The Morgan fingerprint density at radius 1 is 1.06 bits per heavy atom. The van der Waals surface area contributed by atoms with E-state index in [1.165, 1.54) is 4.90 Å². The zero-order chi connectivity index (χ0) is 27.7. The Morgan fingerprint density at radius 3 is 2.17 bits per heavy atom. The van der Waals surface area contributed by atoms with Gasteiger partial charge in [0, 0.05) is 17.8 Å². The van der Waals surface area contributed by atoms with Crippen molar-refractivity contribution in [1.29, 1.82) is 0 Å². The van der Waals surface area contributed by atoms with Gasteiger partial charge in [0.25, 0.3) is 0 Å². The molecule has 0 saturated carbocycles. The maximum absolute atomic E-state index is 13.9. The monoisotopic (exact) mass is 523 g/mol. The minimum atomic E-state index is -1.04. The van der Waals surface area contributed by atoms with E-state index in [2.05, 4.69) is 23.3 Å². The minimum Gasteiger partial charge on any atom is -0.466 e. The summed E-state index contributed by atoms with van der Waals surface area (Å²) in [5.41, 5.74) is -0.128. The first-order valence-electron chi connectivity index (χ1n) is 12.0. The maximum Gasteiger partial charge on any atom is 0.408 e. The van der Waals surface area contributed by atoms with Crippen molar-refractivity contribution in [2.75, 3.05) is 18.9 Å². The van der Waals surface area contributed by atoms with Crippen molar-refractivity contribution in [1.82, 2.24) is 15.5 Å². The lowest BCUT2D eigenvalue weighted by Gasteiger charge is -2.43. The molecule has 202 valence electrons. The van der Waals surface area contributed by atoms with Gasteiger partial charge in [0.15, 0.2) is 0 Å². The van der Waals surface area contributed by atoms with Gasteiger partial charge in [-0.25, -0.2) is 4.79 Å². The first-order valence-corrected chi connectivity index (χ1v) is 12.7. The Labute approximate surface area is 220 Å². The second-order valence-electron chi connectivity index (χ2n) is 10.4. The van der Waals surface area contributed by atoms with Crippen molar-refractivity contribution in [2.45, 2.75) is 85.0 Å². The van der Waals surface area contributed by atoms with Gasteiger partial charge in [-0.2, -0.15) is 12.6 Å². The van der Waals surface area contributed by atoms with E-state index in [0.717, 1.165) is 5.56 Å². The zero-order valence-corrected chi connectivity index (χ0v) is 23.5. The van der Waals surface area contributed by atoms with Gasteiger partial charge >= 0.3 is 12.1 Å². The van der Waals surface area contributed by atoms with Gasteiger partial charge < -0.3 is 25.0 Å². The second-order valence-corrected chi connectivity index (χ2v) is 10.7. The van der Waals surface area contributed by atoms with Crippen molar-refractivity contribution >= 4 is 36.5 Å². The van der Waals surface area contributed by atoms with E-state index >= 15 is 0 Å². The fraction of sp³-hybridized carbons (Fsp3) is 0.615. The zero-order valence-electron chi connectivity index (χ0n) is 22.6. The van der Waals surface area contributed by atoms with Gasteiger partial charge in [-0.05, 0) is 66.5 Å². The molecule has 0 spiro atoms. The SMILES string of the molecule is CCOC(=O)CCNC(=O)C(c1ccccc1C)N(C(=O)C(CS)NC(=O)OC(C)(C)C)C(C)(C)C. The number of benzene rings is 1. The molecule has 2 atom stereocenters. The highest BCUT2D eigenvalue weighted by molar-refractivity contribution is 7.80. The standard InChI is InChI=1S/C26H41N3O6S/c1-9-34-20(30)14-15-27-22(31)21(18-13-11-10-12-17(18)2)29(25(3,4)5)23(32)19(16-36)28-24(33)35-26(6,7)8/h10-13,19,21,36H,9,14-16H2,1-8H3,(H,27,31)(H,28,33). The fourth-order valence-electron chi connectivity index (χ4n) is 3.56. The number of amides is 3. The number of aryl methyl sites for hydroxylation is 1. The summed E-state index contributed by atoms with van der Waals surface area (Å²) in [5.74, 6) is -1.37. The number of hydrogen-bond acceptors (Lipinski definition) is 7. The number of nitrogens with one attached hydrogen (secondary N) is 2. The van der Waals surface area contributed by atoms with E-state index in [1.54, 1.807) is 39.8 Å². The van der Waals surface area contributed by atoms with E-state index in [4.69, 9.17) is 9.47 Å². The Morgan fingerprint density at radius 2 is 1.67 bits per heavy atom. The summed E-state index contributed by atoms with van der Waals surface area (Å²) in [6, 6.07) is 5.22. The van der Waals surface area contributed by atoms with Crippen molar-refractivity contribution in [3.8, 4) is 0 Å². The molecule has 0 fully saturated rings. The van der Waals surface area contributed by atoms with Crippen LogP contribution in [0.5, 0.6) is 0 Å². The summed E-state index contributed by atoms with van der Waals surface area (Å²) < 4.78 is 10.2. The third-order valence-electron chi connectivity index (χ3n) is 5.06. The van der Waals surface area contributed by atoms with Crippen LogP contribution in [0.15, 0.2) is 24.3 Å². The summed E-state index contributed by atoms with van der Waals surface area (Å²) in [7, 11) is 0. The van der Waals surface area contributed by atoms with E-state index < -0.39 is 47.1 Å². The van der Waals surface area contributed by atoms with Crippen LogP contribution >= 0.6 is 12.6 Å². The lowest BCUT2D eigenvalue weighted by Crippen LogP contribution is -2.59. The van der Waals surface area contributed by atoms with E-state index in [9.17, 15) is 19.2 Å². The molecule has 0 aliphatic carbocycles. The summed E-state index contributed by atoms with van der Waals surface area (Å²) >= 11 is 4.29. The van der Waals surface area contributed by atoms with Gasteiger partial charge in [-0.1, -0.05) is 24.3 Å². The molecular weight excluding hydrogens is 482 g/mol. The molecule has 0 bridgehead atoms. The first kappa shape index (κ1) is 31.3. The Kier molecular flexibility index (Phi) is 11.8. The van der Waals surface area contributed by atoms with Crippen LogP contribution in [0.3, 0.4) is 0 Å². The lowest BCUT2D eigenvalue weighted by atomic mass is 9.93. The van der Waals surface area contributed by atoms with E-state index in [-0.39, 0.29) is 25.3 Å². The summed E-state index contributed by atoms with van der Waals surface area (Å²) in [6.45, 7) is 14.5. The summed E-state index contributed by atoms with van der Waals surface area (Å²) in [4.78, 5) is 53.1. The van der Waals surface area contributed by atoms with Crippen molar-refractivity contribution in [3.63, 3.8) is 0 Å². The number of nitrogens with zero attached hydrogens (tertiary/aromatic N) is 1. The first-order chi connectivity index (χ1) is 16.6. The van der Waals surface area contributed by atoms with Gasteiger partial charge in [0.2, 0.25) is 11.8 Å². The topological polar surface area (TPSA) is 114 Å². The maximum atomic E-state index is 13.9. The van der Waals surface area contributed by atoms with Crippen LogP contribution < -0.4 is 10.6 Å². The Balaban J connectivity index is 3.38. The molecule has 2 N–H and O–H groups in total. The number of carbonyl (C=O) groups is 4. The van der Waals surface area contributed by atoms with Crippen LogP contribution in [0.4, 0.5) is 4.79 Å². The molecule has 2 unspecified atom stereocenters. The largest absolute Gasteiger partial charge is 0.466 e. The smallest absolute Gasteiger partial charge is 0.408 e. The van der Waals surface area contributed by atoms with Crippen LogP contribution in [0.1, 0.15) is 72.1 Å². The molecular formula is C26H41N3O6S. The molecule has 0 radical (unpaired) electrons. The van der Waals surface area contributed by atoms with Gasteiger partial charge in [0.05, 0.1) is 13.0 Å². The molecule has 0 saturated heterocycles. The van der Waals surface area contributed by atoms with Crippen LogP contribution in [0.2, 0.25) is 0 Å². The molecule has 10 heteroatoms. The highest BCUT2D eigenvalue weighted by Gasteiger charge is 2.42. The second kappa shape index (κ2) is 13.5. The number of carbonyl (C=O) groups excluding carboxylic acids is 4. The molecule has 36 heavy (non-hydrogen) atoms. The third kappa shape index (κ3) is 9.72. The number of thiol groups is 1. The average molecular weight is 524 g/mol. The van der Waals surface area contributed by atoms with Crippen molar-refractivity contribution in [3.05, 3.63) is 35.4 Å². The highest BCUT2D eigenvalue weighted by Crippen LogP contribution is 2.31. The molecule has 3 amide bonds. The van der Waals surface area contributed by atoms with Gasteiger partial charge in [0.1, 0.15) is 17.7 Å². The van der Waals surface area contributed by atoms with Crippen molar-refractivity contribution < 1.29 is 28.7 Å². The predicted molar refractivity (Wildman–Crippen MR) is 142 cm³/mol. The van der Waals surface area contributed by atoms with Crippen LogP contribution in [-0.2, 0) is 23.9 Å². The highest BCUT2D eigenvalue weighted by atomic mass is 32.1. The quantitative estimate of drug-likeness (QED) is 0.319. The van der Waals surface area contributed by atoms with Crippen molar-refractivity contribution in [2.24, 2.45) is 0 Å². The Hall–Kier alpha value is -2.75.